The number of aryl methyl sites for hydroxylation is 1. The van der Waals surface area contributed by atoms with Crippen molar-refractivity contribution in [2.24, 2.45) is 0 Å². The molecule has 0 fully saturated rings. The highest BCUT2D eigenvalue weighted by Gasteiger charge is 2.18. The first-order valence-electron chi connectivity index (χ1n) is 7.84. The molecule has 0 aliphatic carbocycles. The van der Waals surface area contributed by atoms with E-state index in [4.69, 9.17) is 9.47 Å². The minimum atomic E-state index is -0.477. The van der Waals surface area contributed by atoms with Gasteiger partial charge in [-0.3, -0.25) is 0 Å². The van der Waals surface area contributed by atoms with Crippen LogP contribution in [0.2, 0.25) is 0 Å². The number of hydrogen-bond acceptors (Lipinski definition) is 6. The molecule has 0 saturated heterocycles. The lowest BCUT2D eigenvalue weighted by atomic mass is 10.2. The zero-order valence-corrected chi connectivity index (χ0v) is 14.6. The minimum absolute atomic E-state index is 0.215. The second-order valence-electron chi connectivity index (χ2n) is 5.66. The predicted molar refractivity (Wildman–Crippen MR) is 95.5 cm³/mol. The molecule has 3 heterocycles. The quantitative estimate of drug-likeness (QED) is 0.703. The lowest BCUT2D eigenvalue weighted by Crippen LogP contribution is -2.17. The van der Waals surface area contributed by atoms with Crippen LogP contribution < -0.4 is 14.4 Å². The summed E-state index contributed by atoms with van der Waals surface area (Å²) in [7, 11) is 1.76. The maximum atomic E-state index is 14.3. The third-order valence-corrected chi connectivity index (χ3v) is 4.91. The highest BCUT2D eigenvalue weighted by atomic mass is 32.1. The molecule has 25 heavy (non-hydrogen) atoms. The molecule has 4 rings (SSSR count). The van der Waals surface area contributed by atoms with E-state index >= 15 is 0 Å². The van der Waals surface area contributed by atoms with Crippen molar-refractivity contribution in [2.45, 2.75) is 6.92 Å². The van der Waals surface area contributed by atoms with Crippen molar-refractivity contribution in [3.63, 3.8) is 0 Å². The second-order valence-corrected chi connectivity index (χ2v) is 6.95. The molecule has 1 aliphatic heterocycles. The SMILES string of the molecule is Cc1ccc(-c2ncc(F)c(N(C)c3ccc4c(c3)OCCO4)n2)s1. The Labute approximate surface area is 148 Å². The summed E-state index contributed by atoms with van der Waals surface area (Å²) in [5.41, 5.74) is 0.759. The molecule has 0 spiro atoms. The van der Waals surface area contributed by atoms with Crippen LogP contribution in [0.15, 0.2) is 36.5 Å². The number of fused-ring (bicyclic) bond motifs is 1. The Kier molecular flexibility index (Phi) is 4.01. The molecule has 128 valence electrons. The molecule has 1 aliphatic rings. The van der Waals surface area contributed by atoms with Crippen molar-refractivity contribution in [3.8, 4) is 22.2 Å². The summed E-state index contributed by atoms with van der Waals surface area (Å²) in [6.07, 6.45) is 1.21. The van der Waals surface area contributed by atoms with Crippen LogP contribution in [-0.4, -0.2) is 30.2 Å². The van der Waals surface area contributed by atoms with Gasteiger partial charge in [-0.25, -0.2) is 14.4 Å². The summed E-state index contributed by atoms with van der Waals surface area (Å²) in [6, 6.07) is 9.44. The van der Waals surface area contributed by atoms with Crippen molar-refractivity contribution >= 4 is 22.8 Å². The van der Waals surface area contributed by atoms with Gasteiger partial charge in [0, 0.05) is 23.7 Å². The van der Waals surface area contributed by atoms with Crippen LogP contribution in [0.4, 0.5) is 15.9 Å². The van der Waals surface area contributed by atoms with E-state index in [-0.39, 0.29) is 5.82 Å². The molecule has 3 aromatic rings. The van der Waals surface area contributed by atoms with E-state index in [0.29, 0.717) is 30.5 Å². The molecule has 1 aromatic carbocycles. The maximum Gasteiger partial charge on any atom is 0.184 e. The number of benzene rings is 1. The molecule has 0 N–H and O–H groups in total. The van der Waals surface area contributed by atoms with Gasteiger partial charge < -0.3 is 14.4 Å². The number of nitrogens with zero attached hydrogens (tertiary/aromatic N) is 3. The number of rotatable bonds is 3. The molecule has 5 nitrogen and oxygen atoms in total. The van der Waals surface area contributed by atoms with E-state index in [9.17, 15) is 4.39 Å². The summed E-state index contributed by atoms with van der Waals surface area (Å²) in [6.45, 7) is 3.05. The smallest absolute Gasteiger partial charge is 0.184 e. The molecule has 0 atom stereocenters. The topological polar surface area (TPSA) is 47.5 Å². The Hall–Kier alpha value is -2.67. The van der Waals surface area contributed by atoms with Crippen LogP contribution in [0.25, 0.3) is 10.7 Å². The fraction of sp³-hybridized carbons (Fsp3) is 0.222. The van der Waals surface area contributed by atoms with Crippen molar-refractivity contribution in [1.29, 1.82) is 0 Å². The van der Waals surface area contributed by atoms with E-state index < -0.39 is 5.82 Å². The Morgan fingerprint density at radius 3 is 2.68 bits per heavy atom. The van der Waals surface area contributed by atoms with Crippen LogP contribution in [-0.2, 0) is 0 Å². The first-order chi connectivity index (χ1) is 12.1. The number of halogens is 1. The van der Waals surface area contributed by atoms with Crippen LogP contribution in [0, 0.1) is 12.7 Å². The molecule has 2 aromatic heterocycles. The maximum absolute atomic E-state index is 14.3. The van der Waals surface area contributed by atoms with Crippen LogP contribution in [0.1, 0.15) is 4.88 Å². The van der Waals surface area contributed by atoms with Gasteiger partial charge in [-0.15, -0.1) is 11.3 Å². The second kappa shape index (κ2) is 6.33. The van der Waals surface area contributed by atoms with Gasteiger partial charge >= 0.3 is 0 Å². The van der Waals surface area contributed by atoms with Crippen LogP contribution in [0.3, 0.4) is 0 Å². The van der Waals surface area contributed by atoms with Gasteiger partial charge in [0.25, 0.3) is 0 Å². The lowest BCUT2D eigenvalue weighted by Gasteiger charge is -2.23. The molecule has 0 saturated carbocycles. The van der Waals surface area contributed by atoms with E-state index in [0.717, 1.165) is 15.4 Å². The monoisotopic (exact) mass is 357 g/mol. The van der Waals surface area contributed by atoms with Gasteiger partial charge in [-0.1, -0.05) is 0 Å². The highest BCUT2D eigenvalue weighted by Crippen LogP contribution is 2.36. The number of aromatic nitrogens is 2. The molecular formula is C18H16FN3O2S. The van der Waals surface area contributed by atoms with Crippen LogP contribution >= 0.6 is 11.3 Å². The molecule has 0 bridgehead atoms. The minimum Gasteiger partial charge on any atom is -0.486 e. The zero-order chi connectivity index (χ0) is 17.4. The average Bonchev–Trinajstić information content (AvgIpc) is 3.07. The zero-order valence-electron chi connectivity index (χ0n) is 13.8. The number of ether oxygens (including phenoxy) is 2. The van der Waals surface area contributed by atoms with Gasteiger partial charge in [0.05, 0.1) is 11.1 Å². The first-order valence-corrected chi connectivity index (χ1v) is 8.66. The summed E-state index contributed by atoms with van der Waals surface area (Å²) >= 11 is 1.58. The van der Waals surface area contributed by atoms with Gasteiger partial charge in [0.1, 0.15) is 13.2 Å². The molecule has 7 heteroatoms. The van der Waals surface area contributed by atoms with Crippen molar-refractivity contribution in [1.82, 2.24) is 9.97 Å². The summed E-state index contributed by atoms with van der Waals surface area (Å²) in [4.78, 5) is 12.3. The van der Waals surface area contributed by atoms with E-state index in [2.05, 4.69) is 9.97 Å². The standard InChI is InChI=1S/C18H16FN3O2S/c1-11-3-6-16(25-11)17-20-10-13(19)18(21-17)22(2)12-4-5-14-15(9-12)24-8-7-23-14/h3-6,9-10H,7-8H2,1-2H3. The normalized spacial score (nSPS) is 12.9. The van der Waals surface area contributed by atoms with E-state index in [1.54, 1.807) is 23.3 Å². The Morgan fingerprint density at radius 2 is 1.92 bits per heavy atom. The first kappa shape index (κ1) is 15.8. The number of anilines is 2. The molecule has 0 radical (unpaired) electrons. The fourth-order valence-electron chi connectivity index (χ4n) is 2.63. The van der Waals surface area contributed by atoms with Gasteiger partial charge in [-0.2, -0.15) is 0 Å². The van der Waals surface area contributed by atoms with Crippen LogP contribution in [0.5, 0.6) is 11.5 Å². The Morgan fingerprint density at radius 1 is 1.12 bits per heavy atom. The average molecular weight is 357 g/mol. The summed E-state index contributed by atoms with van der Waals surface area (Å²) < 4.78 is 25.5. The Bertz CT molecular complexity index is 928. The summed E-state index contributed by atoms with van der Waals surface area (Å²) in [5.74, 6) is 1.60. The van der Waals surface area contributed by atoms with Gasteiger partial charge in [-0.05, 0) is 31.2 Å². The van der Waals surface area contributed by atoms with Gasteiger partial charge in [0.15, 0.2) is 29.0 Å². The van der Waals surface area contributed by atoms with E-state index in [1.165, 1.54) is 6.20 Å². The molecular weight excluding hydrogens is 341 g/mol. The highest BCUT2D eigenvalue weighted by molar-refractivity contribution is 7.15. The number of hydrogen-bond donors (Lipinski definition) is 0. The lowest BCUT2D eigenvalue weighted by molar-refractivity contribution is 0.171. The van der Waals surface area contributed by atoms with Crippen molar-refractivity contribution in [3.05, 3.63) is 47.2 Å². The van der Waals surface area contributed by atoms with Gasteiger partial charge in [0.2, 0.25) is 0 Å². The molecule has 0 unspecified atom stereocenters. The fourth-order valence-corrected chi connectivity index (χ4v) is 3.44. The van der Waals surface area contributed by atoms with Crippen molar-refractivity contribution in [2.75, 3.05) is 25.2 Å². The van der Waals surface area contributed by atoms with E-state index in [1.807, 2.05) is 37.3 Å². The number of thiophene rings is 1. The predicted octanol–water partition coefficient (Wildman–Crippen LogP) is 4.19. The molecule has 0 amide bonds. The third-order valence-electron chi connectivity index (χ3n) is 3.92. The summed E-state index contributed by atoms with van der Waals surface area (Å²) in [5, 5.41) is 0. The largest absolute Gasteiger partial charge is 0.486 e. The third kappa shape index (κ3) is 3.02. The van der Waals surface area contributed by atoms with Crippen molar-refractivity contribution < 1.29 is 13.9 Å². The Balaban J connectivity index is 1.71.